The molecule has 0 bridgehead atoms. The standard InChI is InChI=1S/C19H36O4.C4H6O4/c1-2-3-4-5-6-7-8-9-10-11-12-13-14-15-17(21)19(23)18(22)16-20;5-3(6)1-2-4(7)8/h14-15,18-20,22-23H,2-13,16H2,1H3;1-2H2,(H,5,6)(H,7,8). The second kappa shape index (κ2) is 22.9. The fraction of sp³-hybridized carbons (Fsp3) is 0.783. The summed E-state index contributed by atoms with van der Waals surface area (Å²) in [6.45, 7) is 1.63. The van der Waals surface area contributed by atoms with E-state index >= 15 is 0 Å². The van der Waals surface area contributed by atoms with Gasteiger partial charge in [0.25, 0.3) is 0 Å². The second-order valence-corrected chi connectivity index (χ2v) is 7.61. The van der Waals surface area contributed by atoms with E-state index in [0.717, 1.165) is 19.3 Å². The molecular formula is C23H42O8. The summed E-state index contributed by atoms with van der Waals surface area (Å²) in [4.78, 5) is 30.7. The first-order chi connectivity index (χ1) is 14.8. The van der Waals surface area contributed by atoms with Gasteiger partial charge in [-0.2, -0.15) is 0 Å². The number of carbonyl (C=O) groups is 3. The maximum absolute atomic E-state index is 11.4. The van der Waals surface area contributed by atoms with E-state index in [9.17, 15) is 19.5 Å². The average Bonchev–Trinajstić information content (AvgIpc) is 2.74. The van der Waals surface area contributed by atoms with E-state index in [4.69, 9.17) is 20.4 Å². The molecule has 0 radical (unpaired) electrons. The number of allylic oxidation sites excluding steroid dienone is 1. The van der Waals surface area contributed by atoms with Gasteiger partial charge in [-0.05, 0) is 18.9 Å². The van der Waals surface area contributed by atoms with Crippen LogP contribution in [0, 0.1) is 0 Å². The molecule has 5 N–H and O–H groups in total. The monoisotopic (exact) mass is 446 g/mol. The number of carbonyl (C=O) groups excluding carboxylic acids is 1. The molecule has 2 unspecified atom stereocenters. The van der Waals surface area contributed by atoms with Crippen LogP contribution in [0.1, 0.15) is 96.8 Å². The largest absolute Gasteiger partial charge is 0.481 e. The lowest BCUT2D eigenvalue weighted by atomic mass is 10.0. The van der Waals surface area contributed by atoms with E-state index in [2.05, 4.69) is 6.92 Å². The van der Waals surface area contributed by atoms with Crippen molar-refractivity contribution in [3.8, 4) is 0 Å². The van der Waals surface area contributed by atoms with E-state index < -0.39 is 36.5 Å². The Balaban J connectivity index is 0. The molecule has 0 saturated carbocycles. The predicted molar refractivity (Wildman–Crippen MR) is 119 cm³/mol. The lowest BCUT2D eigenvalue weighted by Gasteiger charge is -2.11. The number of rotatable bonds is 19. The van der Waals surface area contributed by atoms with Crippen molar-refractivity contribution < 1.29 is 39.9 Å². The summed E-state index contributed by atoms with van der Waals surface area (Å²) in [7, 11) is 0. The number of hydrogen-bond acceptors (Lipinski definition) is 6. The van der Waals surface area contributed by atoms with Crippen LogP contribution in [0.5, 0.6) is 0 Å². The number of aliphatic hydroxyl groups excluding tert-OH is 3. The molecule has 8 nitrogen and oxygen atoms in total. The molecule has 0 fully saturated rings. The van der Waals surface area contributed by atoms with E-state index in [1.807, 2.05) is 0 Å². The molecule has 0 aliphatic carbocycles. The Kier molecular flexibility index (Phi) is 23.2. The Morgan fingerprint density at radius 3 is 1.55 bits per heavy atom. The zero-order valence-corrected chi connectivity index (χ0v) is 18.9. The third-order valence-electron chi connectivity index (χ3n) is 4.65. The van der Waals surface area contributed by atoms with Gasteiger partial charge in [-0.15, -0.1) is 0 Å². The van der Waals surface area contributed by atoms with E-state index in [-0.39, 0.29) is 12.8 Å². The van der Waals surface area contributed by atoms with Gasteiger partial charge in [0.15, 0.2) is 5.78 Å². The highest BCUT2D eigenvalue weighted by atomic mass is 16.4. The summed E-state index contributed by atoms with van der Waals surface area (Å²) in [5.74, 6) is -2.70. The highest BCUT2D eigenvalue weighted by Gasteiger charge is 2.20. The van der Waals surface area contributed by atoms with E-state index in [0.29, 0.717) is 0 Å². The van der Waals surface area contributed by atoms with E-state index in [1.165, 1.54) is 63.9 Å². The fourth-order valence-electron chi connectivity index (χ4n) is 2.73. The Labute approximate surface area is 186 Å². The quantitative estimate of drug-likeness (QED) is 0.149. The lowest BCUT2D eigenvalue weighted by Crippen LogP contribution is -2.35. The molecule has 182 valence electrons. The zero-order chi connectivity index (χ0) is 23.9. The average molecular weight is 447 g/mol. The van der Waals surface area contributed by atoms with Gasteiger partial charge in [0.2, 0.25) is 0 Å². The number of unbranched alkanes of at least 4 members (excludes halogenated alkanes) is 11. The minimum atomic E-state index is -1.52. The third kappa shape index (κ3) is 24.4. The van der Waals surface area contributed by atoms with Crippen molar-refractivity contribution in [2.45, 2.75) is 109 Å². The topological polar surface area (TPSA) is 152 Å². The molecule has 0 aromatic carbocycles. The molecule has 0 aliphatic rings. The molecule has 0 rings (SSSR count). The Bertz CT molecular complexity index is 476. The van der Waals surface area contributed by atoms with Crippen LogP contribution < -0.4 is 0 Å². The molecule has 31 heavy (non-hydrogen) atoms. The number of aliphatic carboxylic acids is 2. The van der Waals surface area contributed by atoms with Crippen LogP contribution in [0.4, 0.5) is 0 Å². The summed E-state index contributed by atoms with van der Waals surface area (Å²) in [6.07, 6.45) is 14.6. The molecule has 2 atom stereocenters. The number of hydrogen-bond donors (Lipinski definition) is 5. The molecule has 0 saturated heterocycles. The number of carboxylic acid groups (broad SMARTS) is 2. The van der Waals surface area contributed by atoms with Crippen LogP contribution in [0.15, 0.2) is 12.2 Å². The zero-order valence-electron chi connectivity index (χ0n) is 18.9. The van der Waals surface area contributed by atoms with Gasteiger partial charge in [-0.3, -0.25) is 14.4 Å². The minimum Gasteiger partial charge on any atom is -0.481 e. The molecule has 0 aromatic heterocycles. The van der Waals surface area contributed by atoms with Gasteiger partial charge in [-0.1, -0.05) is 77.2 Å². The number of aliphatic hydroxyl groups is 3. The van der Waals surface area contributed by atoms with Crippen LogP contribution in [0.2, 0.25) is 0 Å². The van der Waals surface area contributed by atoms with E-state index in [1.54, 1.807) is 6.08 Å². The molecule has 0 spiro atoms. The predicted octanol–water partition coefficient (Wildman–Crippen LogP) is 3.46. The molecule has 8 heteroatoms. The molecule has 0 heterocycles. The van der Waals surface area contributed by atoms with Crippen LogP contribution >= 0.6 is 0 Å². The van der Waals surface area contributed by atoms with Crippen molar-refractivity contribution >= 4 is 17.7 Å². The van der Waals surface area contributed by atoms with Gasteiger partial charge in [-0.25, -0.2) is 0 Å². The molecule has 0 aromatic rings. The van der Waals surface area contributed by atoms with Crippen molar-refractivity contribution in [1.82, 2.24) is 0 Å². The summed E-state index contributed by atoms with van der Waals surface area (Å²) in [5.41, 5.74) is 0. The van der Waals surface area contributed by atoms with Crippen LogP contribution in [-0.2, 0) is 14.4 Å². The van der Waals surface area contributed by atoms with Gasteiger partial charge in [0, 0.05) is 0 Å². The first-order valence-electron chi connectivity index (χ1n) is 11.4. The Morgan fingerprint density at radius 2 is 1.16 bits per heavy atom. The highest BCUT2D eigenvalue weighted by molar-refractivity contribution is 5.93. The van der Waals surface area contributed by atoms with Crippen molar-refractivity contribution in [2.24, 2.45) is 0 Å². The van der Waals surface area contributed by atoms with Gasteiger partial charge < -0.3 is 25.5 Å². The normalized spacial score (nSPS) is 12.8. The summed E-state index contributed by atoms with van der Waals surface area (Å²) < 4.78 is 0. The molecule has 0 aliphatic heterocycles. The SMILES string of the molecule is CCCCCCCCCCCCCC=CC(=O)C(O)C(O)CO.O=C(O)CCC(=O)O. The first kappa shape index (κ1) is 31.4. The van der Waals surface area contributed by atoms with Crippen molar-refractivity contribution in [3.63, 3.8) is 0 Å². The molecular weight excluding hydrogens is 404 g/mol. The summed E-state index contributed by atoms with van der Waals surface area (Å²) >= 11 is 0. The third-order valence-corrected chi connectivity index (χ3v) is 4.65. The minimum absolute atomic E-state index is 0.296. The second-order valence-electron chi connectivity index (χ2n) is 7.61. The summed E-state index contributed by atoms with van der Waals surface area (Å²) in [5, 5.41) is 43.0. The highest BCUT2D eigenvalue weighted by Crippen LogP contribution is 2.12. The van der Waals surface area contributed by atoms with Crippen LogP contribution in [0.25, 0.3) is 0 Å². The number of carboxylic acids is 2. The van der Waals surface area contributed by atoms with Gasteiger partial charge >= 0.3 is 11.9 Å². The Hall–Kier alpha value is -1.77. The van der Waals surface area contributed by atoms with Gasteiger partial charge in [0.05, 0.1) is 19.4 Å². The first-order valence-corrected chi connectivity index (χ1v) is 11.4. The number of ketones is 1. The fourth-order valence-corrected chi connectivity index (χ4v) is 2.73. The maximum Gasteiger partial charge on any atom is 0.303 e. The van der Waals surface area contributed by atoms with Crippen LogP contribution in [0.3, 0.4) is 0 Å². The Morgan fingerprint density at radius 1 is 0.742 bits per heavy atom. The van der Waals surface area contributed by atoms with Crippen molar-refractivity contribution in [2.75, 3.05) is 6.61 Å². The molecule has 0 amide bonds. The maximum atomic E-state index is 11.4. The van der Waals surface area contributed by atoms with Gasteiger partial charge in [0.1, 0.15) is 12.2 Å². The summed E-state index contributed by atoms with van der Waals surface area (Å²) in [6, 6.07) is 0. The van der Waals surface area contributed by atoms with Crippen LogP contribution in [-0.4, -0.2) is 62.1 Å². The lowest BCUT2D eigenvalue weighted by molar-refractivity contribution is -0.143. The smallest absolute Gasteiger partial charge is 0.303 e. The van der Waals surface area contributed by atoms with Crippen molar-refractivity contribution in [3.05, 3.63) is 12.2 Å². The van der Waals surface area contributed by atoms with Crippen molar-refractivity contribution in [1.29, 1.82) is 0 Å².